The molecule has 6 rings (SSSR count). The number of hydrogen-bond donors (Lipinski definition) is 1. The van der Waals surface area contributed by atoms with Crippen molar-refractivity contribution in [3.8, 4) is 33.0 Å². The van der Waals surface area contributed by atoms with Crippen LogP contribution in [0.4, 0.5) is 5.69 Å². The van der Waals surface area contributed by atoms with Crippen molar-refractivity contribution < 1.29 is 13.2 Å². The predicted molar refractivity (Wildman–Crippen MR) is 142 cm³/mol. The highest BCUT2D eigenvalue weighted by Gasteiger charge is 2.17. The van der Waals surface area contributed by atoms with Gasteiger partial charge in [0.2, 0.25) is 0 Å². The number of hydrogen-bond acceptors (Lipinski definition) is 8. The van der Waals surface area contributed by atoms with Crippen LogP contribution in [0.3, 0.4) is 0 Å². The highest BCUT2D eigenvalue weighted by Crippen LogP contribution is 2.37. The molecule has 1 N–H and O–H groups in total. The normalized spacial score (nSPS) is 14.4. The number of ether oxygens (including phenoxy) is 1. The molecule has 0 unspecified atom stereocenters. The van der Waals surface area contributed by atoms with Crippen molar-refractivity contribution in [1.82, 2.24) is 20.2 Å². The Balaban J connectivity index is 1.38. The zero-order valence-electron chi connectivity index (χ0n) is 19.5. The zero-order chi connectivity index (χ0) is 24.7. The second-order valence-corrected chi connectivity index (χ2v) is 12.0. The number of sulfone groups is 1. The van der Waals surface area contributed by atoms with Crippen molar-refractivity contribution in [2.45, 2.75) is 4.21 Å². The largest absolute Gasteiger partial charge is 0.378 e. The van der Waals surface area contributed by atoms with Gasteiger partial charge >= 0.3 is 0 Å². The molecule has 1 saturated heterocycles. The maximum atomic E-state index is 12.0. The van der Waals surface area contributed by atoms with Crippen LogP contribution in [0.2, 0.25) is 0 Å². The third-order valence-corrected chi connectivity index (χ3v) is 9.20. The molecular weight excluding hydrogens is 494 g/mol. The summed E-state index contributed by atoms with van der Waals surface area (Å²) in [6.07, 6.45) is 4.62. The summed E-state index contributed by atoms with van der Waals surface area (Å²) < 4.78 is 29.8. The van der Waals surface area contributed by atoms with Crippen LogP contribution in [0.5, 0.6) is 0 Å². The first-order valence-corrected chi connectivity index (χ1v) is 14.2. The van der Waals surface area contributed by atoms with Gasteiger partial charge in [-0.1, -0.05) is 18.2 Å². The minimum absolute atomic E-state index is 0.318. The molecular formula is C26H23N5O3S2. The molecule has 3 aromatic heterocycles. The Kier molecular flexibility index (Phi) is 5.79. The summed E-state index contributed by atoms with van der Waals surface area (Å²) in [5.41, 5.74) is 6.49. The topological polar surface area (TPSA) is 101 Å². The van der Waals surface area contributed by atoms with Crippen molar-refractivity contribution in [2.24, 2.45) is 0 Å². The Morgan fingerprint density at radius 3 is 2.47 bits per heavy atom. The summed E-state index contributed by atoms with van der Waals surface area (Å²) in [4.78, 5) is 12.0. The molecule has 0 amide bonds. The average Bonchev–Trinajstić information content (AvgIpc) is 3.59. The first-order valence-electron chi connectivity index (χ1n) is 11.5. The minimum Gasteiger partial charge on any atom is -0.378 e. The zero-order valence-corrected chi connectivity index (χ0v) is 21.1. The molecule has 182 valence electrons. The van der Waals surface area contributed by atoms with Crippen LogP contribution in [0.1, 0.15) is 0 Å². The summed E-state index contributed by atoms with van der Waals surface area (Å²) in [6.45, 7) is 3.29. The third-order valence-electron chi connectivity index (χ3n) is 6.28. The molecule has 5 aromatic rings. The molecule has 0 bridgehead atoms. The van der Waals surface area contributed by atoms with Crippen molar-refractivity contribution in [2.75, 3.05) is 37.5 Å². The van der Waals surface area contributed by atoms with E-state index in [2.05, 4.69) is 49.3 Å². The van der Waals surface area contributed by atoms with Crippen LogP contribution in [-0.4, -0.2) is 61.1 Å². The molecule has 8 nitrogen and oxygen atoms in total. The van der Waals surface area contributed by atoms with Gasteiger partial charge in [0.15, 0.2) is 9.84 Å². The summed E-state index contributed by atoms with van der Waals surface area (Å²) in [5, 5.41) is 8.41. The van der Waals surface area contributed by atoms with Gasteiger partial charge in [0, 0.05) is 47.7 Å². The Hall–Kier alpha value is -3.60. The van der Waals surface area contributed by atoms with Gasteiger partial charge in [-0.2, -0.15) is 5.10 Å². The van der Waals surface area contributed by atoms with Gasteiger partial charge in [-0.05, 0) is 42.0 Å². The molecule has 4 heterocycles. The SMILES string of the molecule is CS(=O)(=O)c1ccc(-c2ncnc3ccc(-c4c[nH]nc4-c4ccc(N5CCOCC5)cc4)cc23)s1. The fraction of sp³-hybridized carbons (Fsp3) is 0.192. The van der Waals surface area contributed by atoms with Crippen LogP contribution < -0.4 is 4.90 Å². The number of aromatic nitrogens is 4. The van der Waals surface area contributed by atoms with E-state index in [4.69, 9.17) is 4.74 Å². The average molecular weight is 518 g/mol. The summed E-state index contributed by atoms with van der Waals surface area (Å²) >= 11 is 1.22. The standard InChI is InChI=1S/C26H23N5O3S2/c1-36(32,33)24-9-8-23(35-24)26-20-14-18(4-7-22(20)27-16-28-26)21-15-29-30-25(21)17-2-5-19(6-3-17)31-10-12-34-13-11-31/h2-9,14-16H,10-13H2,1H3,(H,29,30). The summed E-state index contributed by atoms with van der Waals surface area (Å²) in [7, 11) is -3.28. The number of nitrogens with one attached hydrogen (secondary N) is 1. The van der Waals surface area contributed by atoms with Crippen molar-refractivity contribution in [1.29, 1.82) is 0 Å². The molecule has 1 aliphatic heterocycles. The van der Waals surface area contributed by atoms with Gasteiger partial charge in [0.05, 0.1) is 35.0 Å². The van der Waals surface area contributed by atoms with Crippen LogP contribution in [0, 0.1) is 0 Å². The molecule has 1 aliphatic rings. The van der Waals surface area contributed by atoms with E-state index in [9.17, 15) is 8.42 Å². The Morgan fingerprint density at radius 2 is 1.72 bits per heavy atom. The van der Waals surface area contributed by atoms with Gasteiger partial charge in [-0.15, -0.1) is 11.3 Å². The minimum atomic E-state index is -3.28. The molecule has 0 aliphatic carbocycles. The fourth-order valence-electron chi connectivity index (χ4n) is 4.45. The first-order chi connectivity index (χ1) is 17.5. The number of morpholine rings is 1. The van der Waals surface area contributed by atoms with E-state index in [0.717, 1.165) is 64.5 Å². The third kappa shape index (κ3) is 4.27. The number of thiophene rings is 1. The quantitative estimate of drug-likeness (QED) is 0.362. The van der Waals surface area contributed by atoms with Crippen LogP contribution in [0.25, 0.3) is 43.9 Å². The van der Waals surface area contributed by atoms with Gasteiger partial charge in [0.25, 0.3) is 0 Å². The molecule has 0 atom stereocenters. The lowest BCUT2D eigenvalue weighted by atomic mass is 9.99. The predicted octanol–water partition coefficient (Wildman–Crippen LogP) is 4.66. The molecule has 10 heteroatoms. The maximum Gasteiger partial charge on any atom is 0.184 e. The molecule has 2 aromatic carbocycles. The maximum absolute atomic E-state index is 12.0. The monoisotopic (exact) mass is 517 g/mol. The van der Waals surface area contributed by atoms with Crippen LogP contribution in [-0.2, 0) is 14.6 Å². The number of nitrogens with zero attached hydrogens (tertiary/aromatic N) is 4. The number of aromatic amines is 1. The number of benzene rings is 2. The van der Waals surface area contributed by atoms with E-state index in [1.54, 1.807) is 12.1 Å². The van der Waals surface area contributed by atoms with Gasteiger partial charge in [-0.25, -0.2) is 18.4 Å². The molecule has 0 radical (unpaired) electrons. The van der Waals surface area contributed by atoms with E-state index in [-0.39, 0.29) is 0 Å². The van der Waals surface area contributed by atoms with Crippen LogP contribution >= 0.6 is 11.3 Å². The second kappa shape index (κ2) is 9.12. The van der Waals surface area contributed by atoms with Crippen molar-refractivity contribution >= 4 is 37.8 Å². The number of rotatable bonds is 5. The number of anilines is 1. The smallest absolute Gasteiger partial charge is 0.184 e. The van der Waals surface area contributed by atoms with E-state index < -0.39 is 9.84 Å². The second-order valence-electron chi connectivity index (χ2n) is 8.64. The Labute approximate surface area is 212 Å². The Morgan fingerprint density at radius 1 is 0.944 bits per heavy atom. The van der Waals surface area contributed by atoms with Crippen molar-refractivity contribution in [3.63, 3.8) is 0 Å². The van der Waals surface area contributed by atoms with Crippen molar-refractivity contribution in [3.05, 3.63) is 67.1 Å². The summed E-state index contributed by atoms with van der Waals surface area (Å²) in [5.74, 6) is 0. The highest BCUT2D eigenvalue weighted by molar-refractivity contribution is 7.92. The van der Waals surface area contributed by atoms with Gasteiger partial charge in [-0.3, -0.25) is 5.10 Å². The highest BCUT2D eigenvalue weighted by atomic mass is 32.2. The lowest BCUT2D eigenvalue weighted by Crippen LogP contribution is -2.36. The molecule has 0 saturated carbocycles. The Bertz CT molecular complexity index is 1650. The molecule has 36 heavy (non-hydrogen) atoms. The van der Waals surface area contributed by atoms with E-state index >= 15 is 0 Å². The van der Waals surface area contributed by atoms with E-state index in [0.29, 0.717) is 9.90 Å². The van der Waals surface area contributed by atoms with E-state index in [1.807, 2.05) is 24.4 Å². The summed E-state index contributed by atoms with van der Waals surface area (Å²) in [6, 6.07) is 17.9. The number of H-pyrrole nitrogens is 1. The lowest BCUT2D eigenvalue weighted by Gasteiger charge is -2.28. The van der Waals surface area contributed by atoms with E-state index in [1.165, 1.54) is 29.6 Å². The van der Waals surface area contributed by atoms with Gasteiger partial charge in [0.1, 0.15) is 10.5 Å². The lowest BCUT2D eigenvalue weighted by molar-refractivity contribution is 0.122. The van der Waals surface area contributed by atoms with Crippen LogP contribution in [0.15, 0.2) is 71.3 Å². The first kappa shape index (κ1) is 22.8. The molecule has 0 spiro atoms. The molecule has 1 fully saturated rings. The van der Waals surface area contributed by atoms with Gasteiger partial charge < -0.3 is 9.64 Å². The fourth-order valence-corrected chi connectivity index (χ4v) is 6.39. The number of fused-ring (bicyclic) bond motifs is 1.